The summed E-state index contributed by atoms with van der Waals surface area (Å²) in [5.74, 6) is -1.21. The molecule has 2 aromatic rings. The summed E-state index contributed by atoms with van der Waals surface area (Å²) in [4.78, 5) is 25.9. The van der Waals surface area contributed by atoms with E-state index in [4.69, 9.17) is 5.11 Å². The number of carboxylic acids is 1. The van der Waals surface area contributed by atoms with Crippen molar-refractivity contribution in [1.82, 2.24) is 4.98 Å². The third-order valence-corrected chi connectivity index (χ3v) is 3.16. The van der Waals surface area contributed by atoms with E-state index >= 15 is 0 Å². The maximum Gasteiger partial charge on any atom is 0.338 e. The standard InChI is InChI=1S/C11H9N3O4S/c15-11(16)9-3-7(14(17)18)1-2-10(9)13-5-8-4-12-6-19-8/h1-4,6,13H,5H2,(H,15,16). The molecular formula is C11H9N3O4S. The van der Waals surface area contributed by atoms with Gasteiger partial charge in [0.25, 0.3) is 5.69 Å². The van der Waals surface area contributed by atoms with Gasteiger partial charge in [-0.05, 0) is 6.07 Å². The Hall–Kier alpha value is -2.48. The Labute approximate surface area is 111 Å². The predicted molar refractivity (Wildman–Crippen MR) is 69.5 cm³/mol. The highest BCUT2D eigenvalue weighted by molar-refractivity contribution is 7.09. The molecule has 0 aliphatic heterocycles. The second-order valence-corrected chi connectivity index (χ2v) is 4.58. The van der Waals surface area contributed by atoms with Crippen LogP contribution in [0.1, 0.15) is 15.2 Å². The van der Waals surface area contributed by atoms with E-state index < -0.39 is 10.9 Å². The van der Waals surface area contributed by atoms with Gasteiger partial charge in [-0.25, -0.2) is 4.79 Å². The number of non-ortho nitro benzene ring substituents is 1. The summed E-state index contributed by atoms with van der Waals surface area (Å²) in [6.45, 7) is 0.419. The SMILES string of the molecule is O=C(O)c1cc([N+](=O)[O-])ccc1NCc1cncs1. The third kappa shape index (κ3) is 3.05. The molecule has 0 unspecified atom stereocenters. The average Bonchev–Trinajstić information content (AvgIpc) is 2.89. The molecule has 1 aromatic carbocycles. The number of hydrogen-bond acceptors (Lipinski definition) is 6. The number of benzene rings is 1. The third-order valence-electron chi connectivity index (χ3n) is 2.38. The highest BCUT2D eigenvalue weighted by Crippen LogP contribution is 2.23. The lowest BCUT2D eigenvalue weighted by atomic mass is 10.1. The summed E-state index contributed by atoms with van der Waals surface area (Å²) in [5, 5.41) is 22.6. The van der Waals surface area contributed by atoms with Crippen LogP contribution in [0.25, 0.3) is 0 Å². The zero-order valence-electron chi connectivity index (χ0n) is 9.57. The summed E-state index contributed by atoms with van der Waals surface area (Å²) in [5.41, 5.74) is 1.64. The fourth-order valence-corrected chi connectivity index (χ4v) is 2.02. The van der Waals surface area contributed by atoms with E-state index in [9.17, 15) is 14.9 Å². The van der Waals surface area contributed by atoms with Gasteiger partial charge in [-0.3, -0.25) is 15.1 Å². The minimum atomic E-state index is -1.21. The molecule has 1 heterocycles. The van der Waals surface area contributed by atoms with E-state index in [0.717, 1.165) is 10.9 Å². The van der Waals surface area contributed by atoms with Crippen LogP contribution in [0, 0.1) is 10.1 Å². The van der Waals surface area contributed by atoms with E-state index in [2.05, 4.69) is 10.3 Å². The first kappa shape index (κ1) is 13.0. The Morgan fingerprint density at radius 2 is 2.32 bits per heavy atom. The number of aromatic carboxylic acids is 1. The number of carbonyl (C=O) groups is 1. The van der Waals surface area contributed by atoms with Crippen LogP contribution in [0.2, 0.25) is 0 Å². The van der Waals surface area contributed by atoms with Crippen LogP contribution >= 0.6 is 11.3 Å². The Morgan fingerprint density at radius 3 is 2.89 bits per heavy atom. The minimum absolute atomic E-state index is 0.126. The lowest BCUT2D eigenvalue weighted by Gasteiger charge is -2.08. The van der Waals surface area contributed by atoms with Crippen LogP contribution in [0.15, 0.2) is 29.9 Å². The van der Waals surface area contributed by atoms with Gasteiger partial charge in [0.2, 0.25) is 0 Å². The summed E-state index contributed by atoms with van der Waals surface area (Å²) in [7, 11) is 0. The van der Waals surface area contributed by atoms with Gasteiger partial charge in [0, 0.05) is 28.9 Å². The highest BCUT2D eigenvalue weighted by atomic mass is 32.1. The van der Waals surface area contributed by atoms with Gasteiger partial charge in [0.15, 0.2) is 0 Å². The number of hydrogen-bond donors (Lipinski definition) is 2. The summed E-state index contributed by atoms with van der Waals surface area (Å²) in [6.07, 6.45) is 1.67. The molecule has 0 radical (unpaired) electrons. The van der Waals surface area contributed by atoms with Crippen LogP contribution in [-0.2, 0) is 6.54 Å². The number of nitrogens with one attached hydrogen (secondary N) is 1. The molecule has 1 aromatic heterocycles. The Morgan fingerprint density at radius 1 is 1.53 bits per heavy atom. The van der Waals surface area contributed by atoms with Crippen molar-refractivity contribution < 1.29 is 14.8 Å². The number of anilines is 1. The Kier molecular flexibility index (Phi) is 3.71. The number of thiazole rings is 1. The van der Waals surface area contributed by atoms with Crippen LogP contribution in [0.5, 0.6) is 0 Å². The molecule has 0 aliphatic carbocycles. The van der Waals surface area contributed by atoms with Gasteiger partial charge in [0.1, 0.15) is 0 Å². The van der Waals surface area contributed by atoms with Gasteiger partial charge in [-0.2, -0.15) is 0 Å². The van der Waals surface area contributed by atoms with Gasteiger partial charge in [0.05, 0.1) is 22.5 Å². The zero-order chi connectivity index (χ0) is 13.8. The van der Waals surface area contributed by atoms with Crippen molar-refractivity contribution in [3.05, 3.63) is 50.5 Å². The zero-order valence-corrected chi connectivity index (χ0v) is 10.4. The molecule has 2 rings (SSSR count). The highest BCUT2D eigenvalue weighted by Gasteiger charge is 2.15. The molecule has 8 heteroatoms. The van der Waals surface area contributed by atoms with Crippen LogP contribution < -0.4 is 5.32 Å². The molecular weight excluding hydrogens is 270 g/mol. The molecule has 19 heavy (non-hydrogen) atoms. The first-order valence-corrected chi connectivity index (χ1v) is 6.09. The number of nitrogens with zero attached hydrogens (tertiary/aromatic N) is 2. The van der Waals surface area contributed by atoms with E-state index in [0.29, 0.717) is 12.2 Å². The van der Waals surface area contributed by atoms with Crippen LogP contribution in [-0.4, -0.2) is 21.0 Å². The summed E-state index contributed by atoms with van der Waals surface area (Å²) in [6, 6.07) is 3.70. The number of nitro benzene ring substituents is 1. The van der Waals surface area contributed by atoms with Gasteiger partial charge in [-0.15, -0.1) is 11.3 Å². The van der Waals surface area contributed by atoms with Crippen molar-refractivity contribution >= 4 is 28.7 Å². The van der Waals surface area contributed by atoms with Crippen molar-refractivity contribution in [3.8, 4) is 0 Å². The van der Waals surface area contributed by atoms with E-state index in [1.165, 1.54) is 23.5 Å². The molecule has 0 spiro atoms. The fourth-order valence-electron chi connectivity index (χ4n) is 1.49. The van der Waals surface area contributed by atoms with E-state index in [1.54, 1.807) is 11.7 Å². The molecule has 98 valence electrons. The minimum Gasteiger partial charge on any atom is -0.478 e. The van der Waals surface area contributed by atoms with Gasteiger partial charge >= 0.3 is 5.97 Å². The van der Waals surface area contributed by atoms with E-state index in [1.807, 2.05) is 0 Å². The van der Waals surface area contributed by atoms with Crippen molar-refractivity contribution in [2.24, 2.45) is 0 Å². The maximum atomic E-state index is 11.1. The Bertz CT molecular complexity index is 612. The molecule has 0 bridgehead atoms. The first-order chi connectivity index (χ1) is 9.08. The lowest BCUT2D eigenvalue weighted by molar-refractivity contribution is -0.384. The molecule has 0 fully saturated rings. The van der Waals surface area contributed by atoms with Crippen molar-refractivity contribution in [2.75, 3.05) is 5.32 Å². The number of rotatable bonds is 5. The van der Waals surface area contributed by atoms with Crippen LogP contribution in [0.4, 0.5) is 11.4 Å². The fraction of sp³-hybridized carbons (Fsp3) is 0.0909. The second kappa shape index (κ2) is 5.44. The normalized spacial score (nSPS) is 10.1. The predicted octanol–water partition coefficient (Wildman–Crippen LogP) is 2.36. The van der Waals surface area contributed by atoms with Crippen molar-refractivity contribution in [3.63, 3.8) is 0 Å². The van der Waals surface area contributed by atoms with Crippen molar-refractivity contribution in [2.45, 2.75) is 6.54 Å². The van der Waals surface area contributed by atoms with Crippen LogP contribution in [0.3, 0.4) is 0 Å². The average molecular weight is 279 g/mol. The molecule has 0 aliphatic rings. The van der Waals surface area contributed by atoms with Gasteiger partial charge < -0.3 is 10.4 Å². The Balaban J connectivity index is 2.24. The number of aromatic nitrogens is 1. The maximum absolute atomic E-state index is 11.1. The topological polar surface area (TPSA) is 105 Å². The largest absolute Gasteiger partial charge is 0.478 e. The monoisotopic (exact) mass is 279 g/mol. The lowest BCUT2D eigenvalue weighted by Crippen LogP contribution is -2.06. The van der Waals surface area contributed by atoms with E-state index in [-0.39, 0.29) is 11.3 Å². The molecule has 2 N–H and O–H groups in total. The molecule has 0 saturated heterocycles. The quantitative estimate of drug-likeness (QED) is 0.643. The molecule has 0 atom stereocenters. The number of carboxylic acid groups (broad SMARTS) is 1. The molecule has 0 saturated carbocycles. The first-order valence-electron chi connectivity index (χ1n) is 5.21. The van der Waals surface area contributed by atoms with Gasteiger partial charge in [-0.1, -0.05) is 0 Å². The molecule has 0 amide bonds. The number of nitro groups is 1. The summed E-state index contributed by atoms with van der Waals surface area (Å²) < 4.78 is 0. The second-order valence-electron chi connectivity index (χ2n) is 3.61. The smallest absolute Gasteiger partial charge is 0.338 e. The van der Waals surface area contributed by atoms with Crippen molar-refractivity contribution in [1.29, 1.82) is 0 Å². The summed E-state index contributed by atoms with van der Waals surface area (Å²) >= 11 is 1.44. The molecule has 7 nitrogen and oxygen atoms in total.